The van der Waals surface area contributed by atoms with Crippen molar-refractivity contribution in [3.8, 4) is 0 Å². The fourth-order valence-corrected chi connectivity index (χ4v) is 3.70. The summed E-state index contributed by atoms with van der Waals surface area (Å²) in [5, 5.41) is 15.7. The van der Waals surface area contributed by atoms with E-state index in [1.807, 2.05) is 24.9 Å². The Balaban J connectivity index is 2.05. The second-order valence-corrected chi connectivity index (χ2v) is 6.64. The van der Waals surface area contributed by atoms with Crippen LogP contribution in [0.5, 0.6) is 0 Å². The van der Waals surface area contributed by atoms with Crippen LogP contribution in [0.15, 0.2) is 12.1 Å². The van der Waals surface area contributed by atoms with E-state index in [4.69, 9.17) is 0 Å². The van der Waals surface area contributed by atoms with Crippen LogP contribution in [-0.4, -0.2) is 36.1 Å². The average Bonchev–Trinajstić information content (AvgIpc) is 2.85. The number of anilines is 1. The smallest absolute Gasteiger partial charge is 0.294 e. The molecule has 1 unspecified atom stereocenters. The summed E-state index contributed by atoms with van der Waals surface area (Å²) in [6.45, 7) is 3.81. The van der Waals surface area contributed by atoms with Crippen molar-refractivity contribution >= 4 is 32.9 Å². The van der Waals surface area contributed by atoms with E-state index in [-0.39, 0.29) is 16.7 Å². The van der Waals surface area contributed by atoms with E-state index in [9.17, 15) is 10.1 Å². The van der Waals surface area contributed by atoms with Crippen molar-refractivity contribution in [2.75, 3.05) is 25.0 Å². The van der Waals surface area contributed by atoms with Gasteiger partial charge in [0.1, 0.15) is 5.69 Å². The van der Waals surface area contributed by atoms with E-state index in [0.29, 0.717) is 5.69 Å². The highest BCUT2D eigenvalue weighted by Gasteiger charge is 2.25. The number of rotatable bonds is 3. The summed E-state index contributed by atoms with van der Waals surface area (Å²) >= 11 is 1.49. The third kappa shape index (κ3) is 2.71. The third-order valence-corrected chi connectivity index (χ3v) is 4.92. The van der Waals surface area contributed by atoms with E-state index in [2.05, 4.69) is 10.3 Å². The van der Waals surface area contributed by atoms with E-state index in [1.165, 1.54) is 11.3 Å². The van der Waals surface area contributed by atoms with Crippen molar-refractivity contribution in [3.05, 3.63) is 27.3 Å². The summed E-state index contributed by atoms with van der Waals surface area (Å²) in [4.78, 5) is 17.6. The van der Waals surface area contributed by atoms with Crippen LogP contribution in [0.2, 0.25) is 0 Å². The fourth-order valence-electron chi connectivity index (χ4n) is 2.86. The Labute approximate surface area is 126 Å². The summed E-state index contributed by atoms with van der Waals surface area (Å²) in [7, 11) is 1.94. The summed E-state index contributed by atoms with van der Waals surface area (Å²) in [6, 6.07) is 3.79. The van der Waals surface area contributed by atoms with Crippen LogP contribution in [0, 0.1) is 17.0 Å². The Morgan fingerprint density at radius 1 is 1.52 bits per heavy atom. The van der Waals surface area contributed by atoms with Crippen molar-refractivity contribution in [1.29, 1.82) is 0 Å². The van der Waals surface area contributed by atoms with Crippen LogP contribution in [-0.2, 0) is 0 Å². The second-order valence-electron chi connectivity index (χ2n) is 5.41. The van der Waals surface area contributed by atoms with Gasteiger partial charge in [0.25, 0.3) is 5.69 Å². The molecule has 1 atom stereocenters. The van der Waals surface area contributed by atoms with Crippen LogP contribution < -0.4 is 10.2 Å². The number of aromatic nitrogens is 1. The maximum Gasteiger partial charge on any atom is 0.294 e. The van der Waals surface area contributed by atoms with Gasteiger partial charge < -0.3 is 10.2 Å². The molecule has 7 heteroatoms. The van der Waals surface area contributed by atoms with Crippen molar-refractivity contribution in [1.82, 2.24) is 10.3 Å². The summed E-state index contributed by atoms with van der Waals surface area (Å²) in [5.74, 6) is 0. The first-order chi connectivity index (χ1) is 10.1. The summed E-state index contributed by atoms with van der Waals surface area (Å²) < 4.78 is 0.873. The lowest BCUT2D eigenvalue weighted by molar-refractivity contribution is -0.384. The quantitative estimate of drug-likeness (QED) is 0.697. The number of nitrogens with one attached hydrogen (secondary N) is 1. The van der Waals surface area contributed by atoms with E-state index >= 15 is 0 Å². The molecule has 0 radical (unpaired) electrons. The van der Waals surface area contributed by atoms with Crippen LogP contribution in [0.3, 0.4) is 0 Å². The average molecular weight is 306 g/mol. The van der Waals surface area contributed by atoms with E-state index < -0.39 is 0 Å². The number of fused-ring (bicyclic) bond motifs is 1. The molecule has 0 bridgehead atoms. The highest BCUT2D eigenvalue weighted by molar-refractivity contribution is 7.18. The Bertz CT molecular complexity index is 679. The number of piperidine rings is 1. The number of benzene rings is 1. The SMILES string of the molecule is Cc1nc2cc(N(C)C3CCCNC3)c([N+](=O)[O-])cc2s1. The molecule has 0 spiro atoms. The van der Waals surface area contributed by atoms with Gasteiger partial charge in [-0.15, -0.1) is 11.3 Å². The lowest BCUT2D eigenvalue weighted by atomic mass is 10.1. The van der Waals surface area contributed by atoms with Gasteiger partial charge in [0.05, 0.1) is 20.1 Å². The van der Waals surface area contributed by atoms with Crippen molar-refractivity contribution in [2.24, 2.45) is 0 Å². The van der Waals surface area contributed by atoms with Gasteiger partial charge in [-0.3, -0.25) is 10.1 Å². The summed E-state index contributed by atoms with van der Waals surface area (Å²) in [6.07, 6.45) is 2.15. The van der Waals surface area contributed by atoms with Crippen LogP contribution in [0.25, 0.3) is 10.2 Å². The lowest BCUT2D eigenvalue weighted by Crippen LogP contribution is -2.44. The Kier molecular flexibility index (Phi) is 3.77. The number of thiazole rings is 1. The van der Waals surface area contributed by atoms with E-state index in [1.54, 1.807) is 6.07 Å². The fraction of sp³-hybridized carbons (Fsp3) is 0.500. The molecule has 21 heavy (non-hydrogen) atoms. The molecule has 2 heterocycles. The minimum Gasteiger partial charge on any atom is -0.365 e. The van der Waals surface area contributed by atoms with Crippen LogP contribution in [0.4, 0.5) is 11.4 Å². The molecular formula is C14H18N4O2S. The zero-order valence-corrected chi connectivity index (χ0v) is 12.9. The standard InChI is InChI=1S/C14H18N4O2S/c1-9-16-11-6-12(13(18(19)20)7-14(11)21-9)17(2)10-4-3-5-15-8-10/h6-7,10,15H,3-5,8H2,1-2H3. The first-order valence-electron chi connectivity index (χ1n) is 7.05. The molecule has 0 saturated carbocycles. The molecule has 1 saturated heterocycles. The van der Waals surface area contributed by atoms with Gasteiger partial charge in [-0.25, -0.2) is 4.98 Å². The molecule has 1 aromatic heterocycles. The normalized spacial score (nSPS) is 18.9. The van der Waals surface area contributed by atoms with Gasteiger partial charge in [-0.05, 0) is 32.4 Å². The number of likely N-dealkylation sites (N-methyl/N-ethyl adjacent to an activating group) is 1. The van der Waals surface area contributed by atoms with Gasteiger partial charge in [-0.1, -0.05) is 0 Å². The largest absolute Gasteiger partial charge is 0.365 e. The molecule has 1 aliphatic rings. The Morgan fingerprint density at radius 3 is 3.00 bits per heavy atom. The minimum atomic E-state index is -0.295. The topological polar surface area (TPSA) is 71.3 Å². The van der Waals surface area contributed by atoms with Gasteiger partial charge in [0, 0.05) is 25.7 Å². The third-order valence-electron chi connectivity index (χ3n) is 3.99. The lowest BCUT2D eigenvalue weighted by Gasteiger charge is -2.33. The first-order valence-corrected chi connectivity index (χ1v) is 7.87. The highest BCUT2D eigenvalue weighted by atomic mass is 32.1. The minimum absolute atomic E-state index is 0.166. The molecule has 1 aliphatic heterocycles. The van der Waals surface area contributed by atoms with Crippen LogP contribution in [0.1, 0.15) is 17.8 Å². The van der Waals surface area contributed by atoms with Crippen molar-refractivity contribution < 1.29 is 4.92 Å². The molecule has 3 rings (SSSR count). The number of nitro benzene ring substituents is 1. The van der Waals surface area contributed by atoms with Crippen molar-refractivity contribution in [3.63, 3.8) is 0 Å². The zero-order valence-electron chi connectivity index (χ0n) is 12.1. The number of nitrogens with zero attached hydrogens (tertiary/aromatic N) is 3. The van der Waals surface area contributed by atoms with Gasteiger partial charge in [0.2, 0.25) is 0 Å². The predicted octanol–water partition coefficient (Wildman–Crippen LogP) is 2.70. The van der Waals surface area contributed by atoms with Gasteiger partial charge in [0.15, 0.2) is 0 Å². The monoisotopic (exact) mass is 306 g/mol. The molecule has 1 N–H and O–H groups in total. The molecule has 0 amide bonds. The maximum atomic E-state index is 11.4. The summed E-state index contributed by atoms with van der Waals surface area (Å²) in [5.41, 5.74) is 1.67. The van der Waals surface area contributed by atoms with Crippen LogP contribution >= 0.6 is 11.3 Å². The van der Waals surface area contributed by atoms with Gasteiger partial charge >= 0.3 is 0 Å². The first kappa shape index (κ1) is 14.2. The number of hydrogen-bond acceptors (Lipinski definition) is 6. The Morgan fingerprint density at radius 2 is 2.33 bits per heavy atom. The maximum absolute atomic E-state index is 11.4. The number of nitro groups is 1. The molecule has 1 fully saturated rings. The molecule has 6 nitrogen and oxygen atoms in total. The zero-order chi connectivity index (χ0) is 15.0. The number of aryl methyl sites for hydroxylation is 1. The molecular weight excluding hydrogens is 288 g/mol. The predicted molar refractivity (Wildman–Crippen MR) is 85.3 cm³/mol. The van der Waals surface area contributed by atoms with E-state index in [0.717, 1.165) is 41.2 Å². The highest BCUT2D eigenvalue weighted by Crippen LogP contribution is 2.36. The second kappa shape index (κ2) is 5.57. The molecule has 0 aliphatic carbocycles. The Hall–Kier alpha value is -1.73. The number of hydrogen-bond donors (Lipinski definition) is 1. The molecule has 2 aromatic rings. The molecule has 1 aromatic carbocycles. The molecule has 112 valence electrons. The van der Waals surface area contributed by atoms with Gasteiger partial charge in [-0.2, -0.15) is 0 Å². The van der Waals surface area contributed by atoms with Crippen molar-refractivity contribution in [2.45, 2.75) is 25.8 Å².